The smallest absolute Gasteiger partial charge is 0.289 e. The van der Waals surface area contributed by atoms with Crippen LogP contribution >= 0.6 is 99.9 Å². The van der Waals surface area contributed by atoms with Crippen LogP contribution in [0.2, 0.25) is 0 Å². The molecule has 3 rings (SSSR count). The van der Waals surface area contributed by atoms with Crippen molar-refractivity contribution in [2.24, 2.45) is 0 Å². The Morgan fingerprint density at radius 2 is 1.76 bits per heavy atom. The van der Waals surface area contributed by atoms with E-state index in [1.165, 1.54) is 11.1 Å². The maximum Gasteiger partial charge on any atom is 0.289 e. The summed E-state index contributed by atoms with van der Waals surface area (Å²) in [4.78, 5) is 0. The normalized spacial score (nSPS) is 18.3. The Hall–Kier alpha value is 0.890. The minimum absolute atomic E-state index is 0.676. The SMILES string of the molecule is Cc1c(C)c(I)c2c(c1I)/C(=C/c1ccc(Br)c(Br)c1)OC(O)N2I. The van der Waals surface area contributed by atoms with Gasteiger partial charge in [0.05, 0.1) is 34.1 Å². The Kier molecular flexibility index (Phi) is 6.68. The monoisotopic (exact) mass is 801 g/mol. The molecule has 2 aromatic rings. The van der Waals surface area contributed by atoms with Crippen molar-refractivity contribution in [2.75, 3.05) is 3.11 Å². The van der Waals surface area contributed by atoms with Gasteiger partial charge in [-0.3, -0.25) is 3.11 Å². The predicted molar refractivity (Wildman–Crippen MR) is 135 cm³/mol. The van der Waals surface area contributed by atoms with Gasteiger partial charge >= 0.3 is 0 Å². The quantitative estimate of drug-likeness (QED) is 0.249. The summed E-state index contributed by atoms with van der Waals surface area (Å²) in [5.74, 6) is 0.676. The molecule has 1 aliphatic rings. The van der Waals surface area contributed by atoms with E-state index < -0.39 is 6.41 Å². The van der Waals surface area contributed by atoms with Crippen LogP contribution in [0.3, 0.4) is 0 Å². The number of ether oxygens (including phenoxy) is 1. The summed E-state index contributed by atoms with van der Waals surface area (Å²) in [6.45, 7) is 4.23. The number of aliphatic hydroxyl groups excluding tert-OH is 1. The molecule has 0 spiro atoms. The minimum Gasteiger partial charge on any atom is -0.445 e. The summed E-state index contributed by atoms with van der Waals surface area (Å²) in [5, 5.41) is 10.4. The number of nitrogens with zero attached hydrogens (tertiary/aromatic N) is 1. The van der Waals surface area contributed by atoms with Gasteiger partial charge in [-0.1, -0.05) is 6.07 Å². The molecular weight excluding hydrogens is 791 g/mol. The predicted octanol–water partition coefficient (Wildman–Crippen LogP) is 7.00. The van der Waals surface area contributed by atoms with Gasteiger partial charge in [0.25, 0.3) is 6.41 Å². The maximum atomic E-state index is 10.4. The van der Waals surface area contributed by atoms with Crippen molar-refractivity contribution in [3.63, 3.8) is 0 Å². The molecule has 0 aliphatic carbocycles. The largest absolute Gasteiger partial charge is 0.445 e. The molecule has 1 atom stereocenters. The molecule has 0 aromatic heterocycles. The summed E-state index contributed by atoms with van der Waals surface area (Å²) in [6, 6.07) is 6.00. The number of fused-ring (bicyclic) bond motifs is 1. The number of rotatable bonds is 1. The molecule has 0 radical (unpaired) electrons. The van der Waals surface area contributed by atoms with Crippen LogP contribution in [0.5, 0.6) is 0 Å². The first-order chi connectivity index (χ1) is 11.7. The van der Waals surface area contributed by atoms with Gasteiger partial charge in [0.15, 0.2) is 0 Å². The lowest BCUT2D eigenvalue weighted by Crippen LogP contribution is -2.34. The van der Waals surface area contributed by atoms with E-state index in [1.807, 2.05) is 24.3 Å². The van der Waals surface area contributed by atoms with Crippen molar-refractivity contribution in [3.8, 4) is 0 Å². The Balaban J connectivity index is 2.26. The Labute approximate surface area is 204 Å². The molecule has 0 amide bonds. The molecule has 2 aromatic carbocycles. The van der Waals surface area contributed by atoms with Crippen molar-refractivity contribution < 1.29 is 9.84 Å². The van der Waals surface area contributed by atoms with E-state index in [9.17, 15) is 5.11 Å². The highest BCUT2D eigenvalue weighted by molar-refractivity contribution is 14.1. The third-order valence-electron chi connectivity index (χ3n) is 4.01. The minimum atomic E-state index is -1.02. The topological polar surface area (TPSA) is 32.7 Å². The molecule has 25 heavy (non-hydrogen) atoms. The van der Waals surface area contributed by atoms with Gasteiger partial charge in [-0.05, 0) is 126 Å². The number of aliphatic hydroxyl groups is 1. The highest BCUT2D eigenvalue weighted by Gasteiger charge is 2.33. The van der Waals surface area contributed by atoms with Gasteiger partial charge in [0.1, 0.15) is 5.76 Å². The van der Waals surface area contributed by atoms with Crippen molar-refractivity contribution in [2.45, 2.75) is 20.3 Å². The van der Waals surface area contributed by atoms with Gasteiger partial charge in [0, 0.05) is 16.1 Å². The van der Waals surface area contributed by atoms with Gasteiger partial charge < -0.3 is 9.84 Å². The van der Waals surface area contributed by atoms with Crippen LogP contribution in [0.1, 0.15) is 22.3 Å². The van der Waals surface area contributed by atoms with Crippen molar-refractivity contribution in [1.29, 1.82) is 0 Å². The summed E-state index contributed by atoms with van der Waals surface area (Å²) < 4.78 is 11.8. The molecule has 1 aliphatic heterocycles. The third kappa shape index (κ3) is 3.89. The number of anilines is 1. The Bertz CT molecular complexity index is 902. The van der Waals surface area contributed by atoms with Gasteiger partial charge in [0.2, 0.25) is 0 Å². The fourth-order valence-electron chi connectivity index (χ4n) is 2.52. The third-order valence-corrected chi connectivity index (χ3v) is 9.52. The summed E-state index contributed by atoms with van der Waals surface area (Å²) in [5.41, 5.74) is 5.47. The van der Waals surface area contributed by atoms with E-state index in [1.54, 1.807) is 3.11 Å². The maximum absolute atomic E-state index is 10.4. The van der Waals surface area contributed by atoms with Crippen LogP contribution in [0.15, 0.2) is 27.1 Å². The van der Waals surface area contributed by atoms with Gasteiger partial charge in [-0.2, -0.15) is 0 Å². The number of hydrogen-bond donors (Lipinski definition) is 1. The highest BCUT2D eigenvalue weighted by Crippen LogP contribution is 2.46. The lowest BCUT2D eigenvalue weighted by atomic mass is 10.0. The first kappa shape index (κ1) is 20.6. The second-order valence-corrected chi connectivity index (χ2v) is 10.4. The van der Waals surface area contributed by atoms with Crippen molar-refractivity contribution >= 4 is 117 Å². The first-order valence-corrected chi connectivity index (χ1v) is 11.9. The van der Waals surface area contributed by atoms with Crippen LogP contribution in [0, 0.1) is 21.0 Å². The lowest BCUT2D eigenvalue weighted by molar-refractivity contribution is -0.0268. The fraction of sp³-hybridized carbons (Fsp3) is 0.176. The van der Waals surface area contributed by atoms with Crippen molar-refractivity contribution in [3.05, 3.63) is 56.5 Å². The molecule has 0 saturated heterocycles. The molecule has 1 heterocycles. The van der Waals surface area contributed by atoms with Crippen molar-refractivity contribution in [1.82, 2.24) is 0 Å². The van der Waals surface area contributed by atoms with Crippen LogP contribution in [-0.4, -0.2) is 11.5 Å². The zero-order valence-electron chi connectivity index (χ0n) is 13.1. The number of hydrogen-bond acceptors (Lipinski definition) is 3. The fourth-order valence-corrected chi connectivity index (χ4v) is 6.08. The van der Waals surface area contributed by atoms with E-state index in [0.29, 0.717) is 5.76 Å². The molecule has 0 saturated carbocycles. The van der Waals surface area contributed by atoms with E-state index in [4.69, 9.17) is 4.74 Å². The van der Waals surface area contributed by atoms with E-state index in [-0.39, 0.29) is 0 Å². The standard InChI is InChI=1S/C17H12Br2I3NO2/c1-7-8(2)15(21)16-13(14(7)20)12(25-17(24)23(16)22)6-9-3-4-10(18)11(19)5-9/h3-6,17,24H,1-2H3/b12-6-. The van der Waals surface area contributed by atoms with Crippen LogP contribution in [0.25, 0.3) is 11.8 Å². The van der Waals surface area contributed by atoms with E-state index in [0.717, 1.165) is 32.9 Å². The van der Waals surface area contributed by atoms with Gasteiger partial charge in [-0.15, -0.1) is 0 Å². The Morgan fingerprint density at radius 3 is 2.40 bits per heavy atom. The highest BCUT2D eigenvalue weighted by atomic mass is 127. The average molecular weight is 803 g/mol. The molecule has 1 N–H and O–H groups in total. The van der Waals surface area contributed by atoms with Gasteiger partial charge in [-0.25, -0.2) is 0 Å². The Morgan fingerprint density at radius 1 is 1.12 bits per heavy atom. The number of halogens is 5. The lowest BCUT2D eigenvalue weighted by Gasteiger charge is -2.35. The molecule has 0 fully saturated rings. The molecular formula is C17H12Br2I3NO2. The van der Waals surface area contributed by atoms with E-state index in [2.05, 4.69) is 114 Å². The average Bonchev–Trinajstić information content (AvgIpc) is 2.57. The first-order valence-electron chi connectivity index (χ1n) is 7.17. The molecule has 1 unspecified atom stereocenters. The second-order valence-electron chi connectivity index (χ2n) is 5.54. The summed E-state index contributed by atoms with van der Waals surface area (Å²) in [7, 11) is 0. The zero-order valence-corrected chi connectivity index (χ0v) is 22.7. The number of benzene rings is 2. The molecule has 8 heteroatoms. The van der Waals surface area contributed by atoms with Crippen LogP contribution < -0.4 is 3.11 Å². The summed E-state index contributed by atoms with van der Waals surface area (Å²) >= 11 is 13.8. The van der Waals surface area contributed by atoms with Crippen LogP contribution in [-0.2, 0) is 4.74 Å². The summed E-state index contributed by atoms with van der Waals surface area (Å²) in [6.07, 6.45) is 0.945. The second kappa shape index (κ2) is 8.10. The molecule has 3 nitrogen and oxygen atoms in total. The molecule has 0 bridgehead atoms. The zero-order chi connectivity index (χ0) is 18.5. The molecule has 132 valence electrons. The van der Waals surface area contributed by atoms with Crippen LogP contribution in [0.4, 0.5) is 5.69 Å². The van der Waals surface area contributed by atoms with E-state index >= 15 is 0 Å².